The lowest BCUT2D eigenvalue weighted by atomic mass is 10.2. The first-order valence-electron chi connectivity index (χ1n) is 11.3. The molecule has 178 valence electrons. The van der Waals surface area contributed by atoms with Gasteiger partial charge in [-0.1, -0.05) is 25.3 Å². The van der Waals surface area contributed by atoms with Crippen LogP contribution in [0.1, 0.15) is 31.2 Å². The van der Waals surface area contributed by atoms with Crippen LogP contribution in [0.15, 0.2) is 49.6 Å². The van der Waals surface area contributed by atoms with Crippen LogP contribution in [0.5, 0.6) is 0 Å². The Balaban J connectivity index is 2.25. The lowest BCUT2D eigenvalue weighted by molar-refractivity contribution is -0.117. The summed E-state index contributed by atoms with van der Waals surface area (Å²) >= 11 is 0. The third kappa shape index (κ3) is 13.6. The fourth-order valence-corrected chi connectivity index (χ4v) is 2.97. The molecular formula is C25H39N3O4. The first-order chi connectivity index (χ1) is 15.6. The summed E-state index contributed by atoms with van der Waals surface area (Å²) in [6.45, 7) is 14.4. The largest absolute Gasteiger partial charge is 0.380 e. The molecule has 0 aliphatic heterocycles. The van der Waals surface area contributed by atoms with Crippen LogP contribution in [0.4, 0.5) is 5.69 Å². The third-order valence-corrected chi connectivity index (χ3v) is 4.78. The number of aryl methyl sites for hydroxylation is 1. The van der Waals surface area contributed by atoms with E-state index in [4.69, 9.17) is 9.47 Å². The molecule has 0 fully saturated rings. The SMILES string of the molecule is C=CC(=O)NCCCCOCCN(CCOCCCCNC(=O)C=C)c1cccc(C)c1. The Bertz CT molecular complexity index is 658. The maximum Gasteiger partial charge on any atom is 0.243 e. The molecule has 1 aromatic rings. The number of nitrogens with one attached hydrogen (secondary N) is 2. The molecule has 0 aliphatic rings. The summed E-state index contributed by atoms with van der Waals surface area (Å²) < 4.78 is 11.6. The molecule has 1 rings (SSSR count). The molecule has 0 aromatic heterocycles. The molecule has 0 bridgehead atoms. The second-order valence-corrected chi connectivity index (χ2v) is 7.46. The first kappa shape index (κ1) is 27.4. The number of carbonyl (C=O) groups excluding carboxylic acids is 2. The van der Waals surface area contributed by atoms with E-state index in [1.807, 2.05) is 0 Å². The van der Waals surface area contributed by atoms with Crippen molar-refractivity contribution in [1.82, 2.24) is 10.6 Å². The molecule has 2 N–H and O–H groups in total. The Kier molecular flexibility index (Phi) is 15.4. The van der Waals surface area contributed by atoms with Crippen LogP contribution in [-0.4, -0.2) is 64.4 Å². The van der Waals surface area contributed by atoms with Crippen LogP contribution in [0.25, 0.3) is 0 Å². The Morgan fingerprint density at radius 2 is 1.41 bits per heavy atom. The highest BCUT2D eigenvalue weighted by Gasteiger charge is 2.07. The molecule has 0 saturated heterocycles. The molecule has 2 amide bonds. The summed E-state index contributed by atoms with van der Waals surface area (Å²) in [4.78, 5) is 24.5. The zero-order valence-electron chi connectivity index (χ0n) is 19.4. The van der Waals surface area contributed by atoms with Gasteiger partial charge in [0, 0.05) is 45.1 Å². The van der Waals surface area contributed by atoms with Crippen molar-refractivity contribution >= 4 is 17.5 Å². The summed E-state index contributed by atoms with van der Waals surface area (Å²) in [5.74, 6) is -0.275. The van der Waals surface area contributed by atoms with Crippen molar-refractivity contribution < 1.29 is 19.1 Å². The Morgan fingerprint density at radius 1 is 0.875 bits per heavy atom. The van der Waals surface area contributed by atoms with E-state index in [0.29, 0.717) is 39.5 Å². The summed E-state index contributed by atoms with van der Waals surface area (Å²) in [5.41, 5.74) is 2.38. The number of amides is 2. The lowest BCUT2D eigenvalue weighted by Crippen LogP contribution is -2.31. The molecule has 0 spiro atoms. The average molecular weight is 446 g/mol. The van der Waals surface area contributed by atoms with Gasteiger partial charge in [0.05, 0.1) is 13.2 Å². The minimum Gasteiger partial charge on any atom is -0.380 e. The molecule has 0 radical (unpaired) electrons. The Labute approximate surface area is 192 Å². The first-order valence-corrected chi connectivity index (χ1v) is 11.3. The van der Waals surface area contributed by atoms with Gasteiger partial charge in [-0.05, 0) is 62.5 Å². The average Bonchev–Trinajstić information content (AvgIpc) is 2.80. The van der Waals surface area contributed by atoms with Crippen LogP contribution in [-0.2, 0) is 19.1 Å². The van der Waals surface area contributed by atoms with Crippen molar-refractivity contribution in [2.24, 2.45) is 0 Å². The molecule has 0 aliphatic carbocycles. The van der Waals surface area contributed by atoms with Crippen molar-refractivity contribution in [3.05, 3.63) is 55.1 Å². The molecule has 0 saturated carbocycles. The molecule has 7 nitrogen and oxygen atoms in total. The van der Waals surface area contributed by atoms with Crippen LogP contribution in [0.2, 0.25) is 0 Å². The zero-order chi connectivity index (χ0) is 23.4. The number of unbranched alkanes of at least 4 members (excludes halogenated alkanes) is 2. The number of ether oxygens (including phenoxy) is 2. The van der Waals surface area contributed by atoms with Crippen LogP contribution in [0.3, 0.4) is 0 Å². The highest BCUT2D eigenvalue weighted by molar-refractivity contribution is 5.87. The van der Waals surface area contributed by atoms with E-state index in [2.05, 4.69) is 59.9 Å². The van der Waals surface area contributed by atoms with Crippen molar-refractivity contribution in [2.75, 3.05) is 57.5 Å². The van der Waals surface area contributed by atoms with Crippen molar-refractivity contribution in [2.45, 2.75) is 32.6 Å². The second kappa shape index (κ2) is 18.0. The lowest BCUT2D eigenvalue weighted by Gasteiger charge is -2.25. The van der Waals surface area contributed by atoms with E-state index in [0.717, 1.165) is 44.5 Å². The van der Waals surface area contributed by atoms with Gasteiger partial charge < -0.3 is 25.0 Å². The predicted molar refractivity (Wildman–Crippen MR) is 130 cm³/mol. The molecule has 0 atom stereocenters. The topological polar surface area (TPSA) is 79.9 Å². The fraction of sp³-hybridized carbons (Fsp3) is 0.520. The van der Waals surface area contributed by atoms with Gasteiger partial charge in [-0.2, -0.15) is 0 Å². The van der Waals surface area contributed by atoms with Gasteiger partial charge >= 0.3 is 0 Å². The van der Waals surface area contributed by atoms with Crippen molar-refractivity contribution in [3.63, 3.8) is 0 Å². The van der Waals surface area contributed by atoms with Gasteiger partial charge in [0.2, 0.25) is 11.8 Å². The molecule has 1 aromatic carbocycles. The Hall–Kier alpha value is -2.64. The molecule has 7 heteroatoms. The van der Waals surface area contributed by atoms with Crippen LogP contribution >= 0.6 is 0 Å². The van der Waals surface area contributed by atoms with Gasteiger partial charge in [0.25, 0.3) is 0 Å². The maximum absolute atomic E-state index is 11.1. The smallest absolute Gasteiger partial charge is 0.243 e. The number of benzene rings is 1. The third-order valence-electron chi connectivity index (χ3n) is 4.78. The number of hydrogen-bond donors (Lipinski definition) is 2. The molecule has 0 unspecified atom stereocenters. The van der Waals surface area contributed by atoms with Crippen molar-refractivity contribution in [3.8, 4) is 0 Å². The minimum absolute atomic E-state index is 0.138. The van der Waals surface area contributed by atoms with E-state index < -0.39 is 0 Å². The van der Waals surface area contributed by atoms with Gasteiger partial charge in [-0.15, -0.1) is 0 Å². The normalized spacial score (nSPS) is 10.4. The fourth-order valence-electron chi connectivity index (χ4n) is 2.97. The zero-order valence-corrected chi connectivity index (χ0v) is 19.4. The van der Waals surface area contributed by atoms with Crippen molar-refractivity contribution in [1.29, 1.82) is 0 Å². The molecular weight excluding hydrogens is 406 g/mol. The summed E-state index contributed by atoms with van der Waals surface area (Å²) in [7, 11) is 0. The number of carbonyl (C=O) groups is 2. The second-order valence-electron chi connectivity index (χ2n) is 7.46. The highest BCUT2D eigenvalue weighted by Crippen LogP contribution is 2.15. The van der Waals surface area contributed by atoms with E-state index in [9.17, 15) is 9.59 Å². The summed E-state index contributed by atoms with van der Waals surface area (Å²) in [5, 5.41) is 5.53. The molecule has 32 heavy (non-hydrogen) atoms. The van der Waals surface area contributed by atoms with Gasteiger partial charge in [-0.25, -0.2) is 0 Å². The van der Waals surface area contributed by atoms with Gasteiger partial charge in [-0.3, -0.25) is 9.59 Å². The minimum atomic E-state index is -0.138. The van der Waals surface area contributed by atoms with E-state index in [1.54, 1.807) is 0 Å². The van der Waals surface area contributed by atoms with E-state index >= 15 is 0 Å². The van der Waals surface area contributed by atoms with E-state index in [-0.39, 0.29) is 11.8 Å². The van der Waals surface area contributed by atoms with Crippen LogP contribution in [0, 0.1) is 6.92 Å². The molecule has 0 heterocycles. The predicted octanol–water partition coefficient (Wildman–Crippen LogP) is 3.00. The highest BCUT2D eigenvalue weighted by atomic mass is 16.5. The standard InChI is InChI=1S/C25H39N3O4/c1-4-24(29)26-13-6-8-17-31-19-15-28(23-12-10-11-22(3)21-23)16-20-32-18-9-7-14-27-25(30)5-2/h4-5,10-12,21H,1-2,6-9,13-20H2,3H3,(H,26,29)(H,27,30). The number of anilines is 1. The monoisotopic (exact) mass is 445 g/mol. The summed E-state index contributed by atoms with van der Waals surface area (Å²) in [6.07, 6.45) is 6.13. The number of hydrogen-bond acceptors (Lipinski definition) is 5. The Morgan fingerprint density at radius 3 is 1.88 bits per heavy atom. The van der Waals surface area contributed by atoms with E-state index in [1.165, 1.54) is 17.7 Å². The van der Waals surface area contributed by atoms with Gasteiger partial charge in [0.1, 0.15) is 0 Å². The maximum atomic E-state index is 11.1. The number of rotatable bonds is 19. The van der Waals surface area contributed by atoms with Gasteiger partial charge in [0.15, 0.2) is 0 Å². The number of nitrogens with zero attached hydrogens (tertiary/aromatic N) is 1. The van der Waals surface area contributed by atoms with Crippen LogP contribution < -0.4 is 15.5 Å². The quantitative estimate of drug-likeness (QED) is 0.253. The summed E-state index contributed by atoms with van der Waals surface area (Å²) in [6, 6.07) is 8.43.